The highest BCUT2D eigenvalue weighted by molar-refractivity contribution is 5.96. The van der Waals surface area contributed by atoms with E-state index < -0.39 is 0 Å². The molecule has 28 heavy (non-hydrogen) atoms. The van der Waals surface area contributed by atoms with Gasteiger partial charge < -0.3 is 15.2 Å². The molecule has 1 aromatic carbocycles. The molecule has 2 heterocycles. The fraction of sp³-hybridized carbons (Fsp3) is 0.476. The van der Waals surface area contributed by atoms with Gasteiger partial charge in [0.2, 0.25) is 11.8 Å². The summed E-state index contributed by atoms with van der Waals surface area (Å²) in [6.07, 6.45) is 1.94. The van der Waals surface area contributed by atoms with Crippen LogP contribution in [-0.4, -0.2) is 41.5 Å². The Hall–Kier alpha value is -2.67. The van der Waals surface area contributed by atoms with Crippen molar-refractivity contribution in [3.05, 3.63) is 46.3 Å². The van der Waals surface area contributed by atoms with Crippen molar-refractivity contribution >= 4 is 17.5 Å². The Morgan fingerprint density at radius 1 is 1.14 bits per heavy atom. The number of amides is 2. The first kappa shape index (κ1) is 20.1. The monoisotopic (exact) mass is 384 g/mol. The van der Waals surface area contributed by atoms with Crippen LogP contribution in [0.4, 0.5) is 5.69 Å². The van der Waals surface area contributed by atoms with E-state index in [1.807, 2.05) is 45.9 Å². The Bertz CT molecular complexity index is 851. The van der Waals surface area contributed by atoms with E-state index in [0.29, 0.717) is 0 Å². The molecule has 0 spiro atoms. The SMILES string of the molecule is Cc1cc(C)c(NC(=O)CNC(=O)CN2CCC[C@@H]2c2cc(C)no2)c(C)c1. The predicted molar refractivity (Wildman–Crippen MR) is 107 cm³/mol. The first-order chi connectivity index (χ1) is 13.3. The van der Waals surface area contributed by atoms with Gasteiger partial charge in [-0.05, 0) is 58.2 Å². The summed E-state index contributed by atoms with van der Waals surface area (Å²) in [4.78, 5) is 26.7. The zero-order valence-electron chi connectivity index (χ0n) is 17.0. The maximum Gasteiger partial charge on any atom is 0.243 e. The van der Waals surface area contributed by atoms with Crippen molar-refractivity contribution in [1.29, 1.82) is 0 Å². The van der Waals surface area contributed by atoms with Gasteiger partial charge in [-0.3, -0.25) is 14.5 Å². The molecule has 0 bridgehead atoms. The standard InChI is InChI=1S/C21H28N4O3/c1-13-8-14(2)21(15(3)9-13)23-19(26)11-22-20(27)12-25-7-5-6-17(25)18-10-16(4)24-28-18/h8-10,17H,5-7,11-12H2,1-4H3,(H,22,27)(H,23,26)/t17-/m1/s1. The Balaban J connectivity index is 1.51. The summed E-state index contributed by atoms with van der Waals surface area (Å²) in [6.45, 7) is 8.85. The van der Waals surface area contributed by atoms with Crippen LogP contribution < -0.4 is 10.6 Å². The van der Waals surface area contributed by atoms with Crippen molar-refractivity contribution in [3.8, 4) is 0 Å². The molecule has 7 heteroatoms. The number of aryl methyl sites for hydroxylation is 4. The summed E-state index contributed by atoms with van der Waals surface area (Å²) < 4.78 is 5.37. The molecule has 2 amide bonds. The fourth-order valence-electron chi connectivity index (χ4n) is 3.86. The van der Waals surface area contributed by atoms with Gasteiger partial charge in [0.1, 0.15) is 0 Å². The molecule has 1 atom stereocenters. The van der Waals surface area contributed by atoms with Crippen LogP contribution in [0.5, 0.6) is 0 Å². The molecule has 1 saturated heterocycles. The van der Waals surface area contributed by atoms with Crippen LogP contribution in [-0.2, 0) is 9.59 Å². The third kappa shape index (κ3) is 4.78. The Labute approximate surface area is 165 Å². The van der Waals surface area contributed by atoms with E-state index >= 15 is 0 Å². The number of benzene rings is 1. The summed E-state index contributed by atoms with van der Waals surface area (Å²) in [6, 6.07) is 6.04. The zero-order chi connectivity index (χ0) is 20.3. The van der Waals surface area contributed by atoms with Crippen molar-refractivity contribution < 1.29 is 14.1 Å². The molecule has 0 unspecified atom stereocenters. The van der Waals surface area contributed by atoms with Gasteiger partial charge >= 0.3 is 0 Å². The van der Waals surface area contributed by atoms with Crippen LogP contribution in [0, 0.1) is 27.7 Å². The van der Waals surface area contributed by atoms with Crippen LogP contribution in [0.15, 0.2) is 22.7 Å². The number of hydrogen-bond acceptors (Lipinski definition) is 5. The summed E-state index contributed by atoms with van der Waals surface area (Å²) >= 11 is 0. The van der Waals surface area contributed by atoms with E-state index in [2.05, 4.69) is 20.7 Å². The van der Waals surface area contributed by atoms with Crippen LogP contribution >= 0.6 is 0 Å². The largest absolute Gasteiger partial charge is 0.359 e. The highest BCUT2D eigenvalue weighted by Gasteiger charge is 2.30. The summed E-state index contributed by atoms with van der Waals surface area (Å²) in [5, 5.41) is 9.56. The quantitative estimate of drug-likeness (QED) is 0.800. The molecule has 0 saturated carbocycles. The summed E-state index contributed by atoms with van der Waals surface area (Å²) in [5.74, 6) is 0.397. The first-order valence-electron chi connectivity index (χ1n) is 9.65. The Morgan fingerprint density at radius 3 is 2.50 bits per heavy atom. The number of hydrogen-bond donors (Lipinski definition) is 2. The molecular weight excluding hydrogens is 356 g/mol. The van der Waals surface area contributed by atoms with E-state index in [9.17, 15) is 9.59 Å². The minimum absolute atomic E-state index is 0.0501. The van der Waals surface area contributed by atoms with Gasteiger partial charge in [-0.25, -0.2) is 0 Å². The van der Waals surface area contributed by atoms with Crippen molar-refractivity contribution in [2.24, 2.45) is 0 Å². The van der Waals surface area contributed by atoms with Crippen molar-refractivity contribution in [1.82, 2.24) is 15.4 Å². The number of carbonyl (C=O) groups is 2. The van der Waals surface area contributed by atoms with Crippen LogP contribution in [0.1, 0.15) is 47.0 Å². The minimum Gasteiger partial charge on any atom is -0.359 e. The number of likely N-dealkylation sites (tertiary alicyclic amines) is 1. The number of nitrogens with one attached hydrogen (secondary N) is 2. The molecule has 2 aromatic rings. The third-order valence-electron chi connectivity index (χ3n) is 5.07. The summed E-state index contributed by atoms with van der Waals surface area (Å²) in [5.41, 5.74) is 4.83. The van der Waals surface area contributed by atoms with Gasteiger partial charge in [-0.2, -0.15) is 0 Å². The number of anilines is 1. The van der Waals surface area contributed by atoms with Crippen molar-refractivity contribution in [3.63, 3.8) is 0 Å². The lowest BCUT2D eigenvalue weighted by Gasteiger charge is -2.21. The lowest BCUT2D eigenvalue weighted by atomic mass is 10.1. The molecule has 7 nitrogen and oxygen atoms in total. The predicted octanol–water partition coefficient (Wildman–Crippen LogP) is 2.80. The van der Waals surface area contributed by atoms with E-state index in [-0.39, 0.29) is 30.9 Å². The molecule has 1 aromatic heterocycles. The van der Waals surface area contributed by atoms with E-state index in [1.165, 1.54) is 0 Å². The number of aromatic nitrogens is 1. The second-order valence-electron chi connectivity index (χ2n) is 7.60. The normalized spacial score (nSPS) is 16.9. The molecule has 0 radical (unpaired) electrons. The van der Waals surface area contributed by atoms with E-state index in [0.717, 1.165) is 53.2 Å². The molecule has 1 fully saturated rings. The minimum atomic E-state index is -0.229. The second-order valence-corrected chi connectivity index (χ2v) is 7.60. The maximum absolute atomic E-state index is 12.3. The molecule has 2 N–H and O–H groups in total. The topological polar surface area (TPSA) is 87.5 Å². The smallest absolute Gasteiger partial charge is 0.243 e. The van der Waals surface area contributed by atoms with Crippen LogP contribution in [0.3, 0.4) is 0 Å². The Morgan fingerprint density at radius 2 is 1.86 bits per heavy atom. The molecule has 3 rings (SSSR count). The van der Waals surface area contributed by atoms with Crippen molar-refractivity contribution in [2.75, 3.05) is 25.0 Å². The average molecular weight is 384 g/mol. The fourth-order valence-corrected chi connectivity index (χ4v) is 3.86. The maximum atomic E-state index is 12.3. The van der Waals surface area contributed by atoms with Crippen molar-refractivity contribution in [2.45, 2.75) is 46.6 Å². The second kappa shape index (κ2) is 8.56. The first-order valence-corrected chi connectivity index (χ1v) is 9.65. The lowest BCUT2D eigenvalue weighted by Crippen LogP contribution is -2.40. The van der Waals surface area contributed by atoms with Gasteiger partial charge in [0.15, 0.2) is 5.76 Å². The highest BCUT2D eigenvalue weighted by atomic mass is 16.5. The average Bonchev–Trinajstić information content (AvgIpc) is 3.25. The van der Waals surface area contributed by atoms with Crippen LogP contribution in [0.2, 0.25) is 0 Å². The number of carbonyl (C=O) groups excluding carboxylic acids is 2. The summed E-state index contributed by atoms with van der Waals surface area (Å²) in [7, 11) is 0. The third-order valence-corrected chi connectivity index (χ3v) is 5.07. The Kier molecular flexibility index (Phi) is 6.14. The molecular formula is C21H28N4O3. The molecule has 1 aliphatic heterocycles. The number of rotatable bonds is 6. The van der Waals surface area contributed by atoms with Gasteiger partial charge in [0, 0.05) is 11.8 Å². The van der Waals surface area contributed by atoms with Gasteiger partial charge in [0.05, 0.1) is 24.8 Å². The van der Waals surface area contributed by atoms with Gasteiger partial charge in [-0.1, -0.05) is 22.9 Å². The molecule has 0 aliphatic carbocycles. The number of nitrogens with zero attached hydrogens (tertiary/aromatic N) is 2. The zero-order valence-corrected chi connectivity index (χ0v) is 17.0. The van der Waals surface area contributed by atoms with Crippen LogP contribution in [0.25, 0.3) is 0 Å². The molecule has 150 valence electrons. The highest BCUT2D eigenvalue weighted by Crippen LogP contribution is 2.31. The van der Waals surface area contributed by atoms with E-state index in [1.54, 1.807) is 0 Å². The molecule has 1 aliphatic rings. The van der Waals surface area contributed by atoms with E-state index in [4.69, 9.17) is 4.52 Å². The lowest BCUT2D eigenvalue weighted by molar-refractivity contribution is -0.125. The van der Waals surface area contributed by atoms with Gasteiger partial charge in [0.25, 0.3) is 0 Å². The van der Waals surface area contributed by atoms with Gasteiger partial charge in [-0.15, -0.1) is 0 Å².